The number of benzene rings is 3. The Balaban J connectivity index is 1.89. The van der Waals surface area contributed by atoms with E-state index in [-0.39, 0.29) is 17.0 Å². The van der Waals surface area contributed by atoms with Crippen molar-refractivity contribution in [3.63, 3.8) is 0 Å². The van der Waals surface area contributed by atoms with Crippen LogP contribution < -0.4 is 15.0 Å². The van der Waals surface area contributed by atoms with Gasteiger partial charge in [-0.15, -0.1) is 0 Å². The molecular weight excluding hydrogens is 414 g/mol. The first-order chi connectivity index (χ1) is 15.3. The molecule has 1 N–H and O–H groups in total. The Morgan fingerprint density at radius 2 is 1.62 bits per heavy atom. The van der Waals surface area contributed by atoms with E-state index in [9.17, 15) is 18.4 Å². The number of anilines is 2. The second kappa shape index (κ2) is 8.26. The van der Waals surface area contributed by atoms with Crippen molar-refractivity contribution in [2.24, 2.45) is 0 Å². The van der Waals surface area contributed by atoms with Crippen molar-refractivity contribution in [1.29, 1.82) is 0 Å². The number of ether oxygens (including phenoxy) is 1. The summed E-state index contributed by atoms with van der Waals surface area (Å²) in [7, 11) is 1.46. The van der Waals surface area contributed by atoms with Crippen LogP contribution in [0.2, 0.25) is 0 Å². The van der Waals surface area contributed by atoms with Gasteiger partial charge in [-0.25, -0.2) is 13.7 Å². The van der Waals surface area contributed by atoms with Crippen molar-refractivity contribution in [2.45, 2.75) is 13.8 Å². The molecule has 7 heteroatoms. The zero-order valence-corrected chi connectivity index (χ0v) is 17.7. The summed E-state index contributed by atoms with van der Waals surface area (Å²) in [6.45, 7) is 3.67. The van der Waals surface area contributed by atoms with Crippen LogP contribution in [-0.4, -0.2) is 18.9 Å². The number of hydrogen-bond acceptors (Lipinski definition) is 4. The molecule has 0 saturated heterocycles. The number of rotatable bonds is 5. The van der Waals surface area contributed by atoms with E-state index in [0.717, 1.165) is 28.2 Å². The van der Waals surface area contributed by atoms with Gasteiger partial charge >= 0.3 is 0 Å². The molecular formula is C25H20F2N2O3. The first kappa shape index (κ1) is 21.2. The second-order valence-corrected chi connectivity index (χ2v) is 7.44. The van der Waals surface area contributed by atoms with Crippen LogP contribution in [0.25, 0.3) is 5.57 Å². The molecule has 1 aliphatic rings. The third-order valence-corrected chi connectivity index (χ3v) is 5.25. The average molecular weight is 434 g/mol. The van der Waals surface area contributed by atoms with Gasteiger partial charge < -0.3 is 10.1 Å². The quantitative estimate of drug-likeness (QED) is 0.575. The summed E-state index contributed by atoms with van der Waals surface area (Å²) in [5.74, 6) is -2.83. The number of imide groups is 1. The summed E-state index contributed by atoms with van der Waals surface area (Å²) >= 11 is 0. The highest BCUT2D eigenvalue weighted by molar-refractivity contribution is 6.46. The van der Waals surface area contributed by atoms with E-state index in [1.807, 2.05) is 19.1 Å². The molecule has 0 fully saturated rings. The lowest BCUT2D eigenvalue weighted by molar-refractivity contribution is -0.120. The zero-order chi connectivity index (χ0) is 23.0. The Bertz CT molecular complexity index is 1280. The topological polar surface area (TPSA) is 58.6 Å². The molecule has 0 radical (unpaired) electrons. The lowest BCUT2D eigenvalue weighted by Gasteiger charge is -2.18. The van der Waals surface area contributed by atoms with Gasteiger partial charge in [-0.05, 0) is 49.2 Å². The number of aryl methyl sites for hydroxylation is 2. The summed E-state index contributed by atoms with van der Waals surface area (Å²) in [5.41, 5.74) is 2.65. The molecule has 3 aromatic carbocycles. The van der Waals surface area contributed by atoms with Crippen molar-refractivity contribution in [3.05, 3.63) is 94.7 Å². The van der Waals surface area contributed by atoms with Crippen LogP contribution in [0.1, 0.15) is 16.7 Å². The number of methoxy groups -OCH3 is 1. The first-order valence-electron chi connectivity index (χ1n) is 9.87. The van der Waals surface area contributed by atoms with Crippen molar-refractivity contribution < 1.29 is 23.1 Å². The fourth-order valence-electron chi connectivity index (χ4n) is 3.64. The van der Waals surface area contributed by atoms with Crippen LogP contribution in [0.5, 0.6) is 5.75 Å². The van der Waals surface area contributed by atoms with Crippen LogP contribution in [0.15, 0.2) is 66.4 Å². The standard InChI is InChI=1S/C25H20F2N2O3/c1-14-8-9-15(2)20(12-14)29-24(30)22(17-6-4-5-7-21(17)32-3)23(25(29)31)28-16-10-11-18(26)19(27)13-16/h4-13,28H,1-3H3. The zero-order valence-electron chi connectivity index (χ0n) is 17.7. The molecule has 4 rings (SSSR count). The Kier molecular flexibility index (Phi) is 5.48. The third-order valence-electron chi connectivity index (χ3n) is 5.25. The third kappa shape index (κ3) is 3.62. The van der Waals surface area contributed by atoms with Gasteiger partial charge in [0.1, 0.15) is 11.4 Å². The van der Waals surface area contributed by atoms with Gasteiger partial charge in [0.05, 0.1) is 18.4 Å². The number of carbonyl (C=O) groups excluding carboxylic acids is 2. The molecule has 0 bridgehead atoms. The molecule has 0 unspecified atom stereocenters. The maximum absolute atomic E-state index is 13.8. The number of para-hydroxylation sites is 1. The lowest BCUT2D eigenvalue weighted by Crippen LogP contribution is -2.33. The molecule has 0 aromatic heterocycles. The molecule has 3 aromatic rings. The first-order valence-corrected chi connectivity index (χ1v) is 9.87. The van der Waals surface area contributed by atoms with Crippen molar-refractivity contribution in [3.8, 4) is 5.75 Å². The van der Waals surface area contributed by atoms with E-state index in [1.54, 1.807) is 37.3 Å². The smallest absolute Gasteiger partial charge is 0.282 e. The molecule has 1 aliphatic heterocycles. The number of nitrogens with zero attached hydrogens (tertiary/aromatic N) is 1. The van der Waals surface area contributed by atoms with Gasteiger partial charge in [-0.3, -0.25) is 9.59 Å². The molecule has 0 saturated carbocycles. The number of hydrogen-bond donors (Lipinski definition) is 1. The van der Waals surface area contributed by atoms with Crippen LogP contribution in [0.3, 0.4) is 0 Å². The molecule has 2 amide bonds. The fourth-order valence-corrected chi connectivity index (χ4v) is 3.64. The number of halogens is 2. The SMILES string of the molecule is COc1ccccc1C1=C(Nc2ccc(F)c(F)c2)C(=O)N(c2cc(C)ccc2C)C1=O. The minimum Gasteiger partial charge on any atom is -0.496 e. The normalized spacial score (nSPS) is 13.7. The Morgan fingerprint density at radius 1 is 0.875 bits per heavy atom. The predicted molar refractivity (Wildman–Crippen MR) is 118 cm³/mol. The van der Waals surface area contributed by atoms with Crippen LogP contribution in [0.4, 0.5) is 20.2 Å². The maximum Gasteiger partial charge on any atom is 0.282 e. The van der Waals surface area contributed by atoms with Crippen LogP contribution in [0, 0.1) is 25.5 Å². The summed E-state index contributed by atoms with van der Waals surface area (Å²) in [6.07, 6.45) is 0. The largest absolute Gasteiger partial charge is 0.496 e. The minimum absolute atomic E-state index is 0.0496. The van der Waals surface area contributed by atoms with Crippen molar-refractivity contribution in [2.75, 3.05) is 17.3 Å². The number of nitrogens with one attached hydrogen (secondary N) is 1. The highest BCUT2D eigenvalue weighted by Crippen LogP contribution is 2.38. The van der Waals surface area contributed by atoms with E-state index in [4.69, 9.17) is 4.74 Å². The summed E-state index contributed by atoms with van der Waals surface area (Å²) in [6, 6.07) is 15.5. The van der Waals surface area contributed by atoms with Gasteiger partial charge in [0, 0.05) is 17.3 Å². The minimum atomic E-state index is -1.07. The Morgan fingerprint density at radius 3 is 2.34 bits per heavy atom. The fraction of sp³-hybridized carbons (Fsp3) is 0.120. The molecule has 32 heavy (non-hydrogen) atoms. The van der Waals surface area contributed by atoms with Gasteiger partial charge in [0.2, 0.25) is 0 Å². The Hall–Kier alpha value is -4.00. The van der Waals surface area contributed by atoms with E-state index >= 15 is 0 Å². The predicted octanol–water partition coefficient (Wildman–Crippen LogP) is 4.99. The van der Waals surface area contributed by atoms with Gasteiger partial charge in [-0.2, -0.15) is 0 Å². The molecule has 0 spiro atoms. The van der Waals surface area contributed by atoms with E-state index in [1.165, 1.54) is 13.2 Å². The van der Waals surface area contributed by atoms with Crippen molar-refractivity contribution >= 4 is 28.8 Å². The average Bonchev–Trinajstić information content (AvgIpc) is 3.01. The van der Waals surface area contributed by atoms with Crippen molar-refractivity contribution in [1.82, 2.24) is 0 Å². The molecule has 0 atom stereocenters. The molecule has 0 aliphatic carbocycles. The van der Waals surface area contributed by atoms with Gasteiger partial charge in [0.15, 0.2) is 11.6 Å². The van der Waals surface area contributed by atoms with E-state index in [2.05, 4.69) is 5.32 Å². The summed E-state index contributed by atoms with van der Waals surface area (Å²) in [5, 5.41) is 2.83. The van der Waals surface area contributed by atoms with E-state index < -0.39 is 23.4 Å². The number of carbonyl (C=O) groups is 2. The molecule has 162 valence electrons. The van der Waals surface area contributed by atoms with E-state index in [0.29, 0.717) is 17.0 Å². The number of amides is 2. The van der Waals surface area contributed by atoms with Crippen LogP contribution >= 0.6 is 0 Å². The monoisotopic (exact) mass is 434 g/mol. The van der Waals surface area contributed by atoms with Gasteiger partial charge in [0.25, 0.3) is 11.8 Å². The summed E-state index contributed by atoms with van der Waals surface area (Å²) in [4.78, 5) is 28.2. The maximum atomic E-state index is 13.8. The highest BCUT2D eigenvalue weighted by atomic mass is 19.2. The second-order valence-electron chi connectivity index (χ2n) is 7.44. The lowest BCUT2D eigenvalue weighted by atomic mass is 10.0. The van der Waals surface area contributed by atoms with Crippen LogP contribution in [-0.2, 0) is 9.59 Å². The molecule has 1 heterocycles. The Labute approximate surface area is 183 Å². The molecule has 5 nitrogen and oxygen atoms in total. The highest BCUT2D eigenvalue weighted by Gasteiger charge is 2.41. The summed E-state index contributed by atoms with van der Waals surface area (Å²) < 4.78 is 32.6. The van der Waals surface area contributed by atoms with Gasteiger partial charge in [-0.1, -0.05) is 30.3 Å².